The summed E-state index contributed by atoms with van der Waals surface area (Å²) in [4.78, 5) is 44.0. The number of hydrogen-bond donors (Lipinski definition) is 1. The third-order valence-corrected chi connectivity index (χ3v) is 8.72. The number of nitrogens with one attached hydrogen (secondary N) is 1. The first-order valence-electron chi connectivity index (χ1n) is 13.7. The van der Waals surface area contributed by atoms with E-state index >= 15 is 0 Å². The number of nitrogens with zero attached hydrogens (tertiary/aromatic N) is 3. The summed E-state index contributed by atoms with van der Waals surface area (Å²) in [5, 5.41) is 3.29. The zero-order valence-electron chi connectivity index (χ0n) is 21.4. The minimum Gasteiger partial charge on any atom is -0.381 e. The Morgan fingerprint density at radius 2 is 1.64 bits per heavy atom. The van der Waals surface area contributed by atoms with Gasteiger partial charge in [0.1, 0.15) is 0 Å². The van der Waals surface area contributed by atoms with Crippen LogP contribution in [0.2, 0.25) is 0 Å². The normalized spacial score (nSPS) is 27.8. The van der Waals surface area contributed by atoms with Crippen LogP contribution in [-0.4, -0.2) is 91.4 Å². The number of benzene rings is 1. The van der Waals surface area contributed by atoms with Crippen LogP contribution >= 0.6 is 0 Å². The van der Waals surface area contributed by atoms with Gasteiger partial charge in [-0.05, 0) is 43.1 Å². The van der Waals surface area contributed by atoms with E-state index in [0.29, 0.717) is 44.0 Å². The van der Waals surface area contributed by atoms with Crippen LogP contribution in [0.5, 0.6) is 0 Å². The Kier molecular flexibility index (Phi) is 7.91. The molecule has 4 atom stereocenters. The molecule has 0 spiro atoms. The van der Waals surface area contributed by atoms with Crippen LogP contribution in [0.3, 0.4) is 0 Å². The highest BCUT2D eigenvalue weighted by Gasteiger charge is 2.43. The first-order chi connectivity index (χ1) is 17.5. The minimum atomic E-state index is -0.0411. The van der Waals surface area contributed by atoms with Gasteiger partial charge in [-0.2, -0.15) is 0 Å². The summed E-state index contributed by atoms with van der Waals surface area (Å²) in [6.07, 6.45) is 3.25. The number of rotatable bonds is 7. The van der Waals surface area contributed by atoms with Gasteiger partial charge in [-0.15, -0.1) is 0 Å². The second-order valence-corrected chi connectivity index (χ2v) is 11.1. The van der Waals surface area contributed by atoms with Crippen LogP contribution in [0, 0.1) is 23.7 Å². The molecule has 4 aliphatic rings. The lowest BCUT2D eigenvalue weighted by Gasteiger charge is -2.33. The van der Waals surface area contributed by atoms with Gasteiger partial charge >= 0.3 is 0 Å². The van der Waals surface area contributed by atoms with Crippen molar-refractivity contribution in [1.29, 1.82) is 0 Å². The standard InChI is InChI=1S/C28H40N4O4/c1-20(33)31-12-7-22(8-13-31)28(35)32-17-24-15-30(16-25(24)18-32)11-9-26(21-5-3-2-4-6-21)29-27(34)23-10-14-36-19-23/h2-6,22-26H,7-19H2,1H3,(H,29,34)/t23?,24-,25?,26?/m0/s1. The molecule has 4 aliphatic heterocycles. The molecule has 1 aromatic rings. The maximum Gasteiger partial charge on any atom is 0.226 e. The Morgan fingerprint density at radius 3 is 2.25 bits per heavy atom. The predicted octanol–water partition coefficient (Wildman–Crippen LogP) is 1.92. The fourth-order valence-electron chi connectivity index (χ4n) is 6.50. The Hall–Kier alpha value is -2.45. The number of likely N-dealkylation sites (tertiary alicyclic amines) is 3. The lowest BCUT2D eigenvalue weighted by Crippen LogP contribution is -2.44. The average molecular weight is 497 g/mol. The summed E-state index contributed by atoms with van der Waals surface area (Å²) < 4.78 is 5.41. The lowest BCUT2D eigenvalue weighted by molar-refractivity contribution is -0.139. The van der Waals surface area contributed by atoms with E-state index in [1.165, 1.54) is 0 Å². The molecular formula is C28H40N4O4. The van der Waals surface area contributed by atoms with E-state index in [1.54, 1.807) is 6.92 Å². The number of fused-ring (bicyclic) bond motifs is 1. The van der Waals surface area contributed by atoms with Gasteiger partial charge in [-0.25, -0.2) is 0 Å². The Balaban J connectivity index is 1.10. The molecule has 8 nitrogen and oxygen atoms in total. The third-order valence-electron chi connectivity index (χ3n) is 8.72. The quantitative estimate of drug-likeness (QED) is 0.624. The van der Waals surface area contributed by atoms with Gasteiger partial charge < -0.3 is 24.8 Å². The van der Waals surface area contributed by atoms with Gasteiger partial charge in [0, 0.05) is 65.3 Å². The number of piperidine rings is 1. The van der Waals surface area contributed by atoms with Crippen molar-refractivity contribution in [3.8, 4) is 0 Å². The molecule has 4 saturated heterocycles. The van der Waals surface area contributed by atoms with Crippen molar-refractivity contribution in [3.63, 3.8) is 0 Å². The molecule has 4 fully saturated rings. The molecule has 5 rings (SSSR count). The molecular weight excluding hydrogens is 456 g/mol. The van der Waals surface area contributed by atoms with Crippen molar-refractivity contribution >= 4 is 17.7 Å². The molecule has 8 heteroatoms. The second kappa shape index (κ2) is 11.3. The van der Waals surface area contributed by atoms with Gasteiger partial charge in [0.05, 0.1) is 18.6 Å². The highest BCUT2D eigenvalue weighted by atomic mass is 16.5. The first kappa shape index (κ1) is 25.2. The predicted molar refractivity (Wildman–Crippen MR) is 136 cm³/mol. The average Bonchev–Trinajstić information content (AvgIpc) is 3.64. The molecule has 0 bridgehead atoms. The van der Waals surface area contributed by atoms with Crippen LogP contribution in [-0.2, 0) is 19.1 Å². The molecule has 36 heavy (non-hydrogen) atoms. The summed E-state index contributed by atoms with van der Waals surface area (Å²) in [6, 6.07) is 10.3. The molecule has 3 unspecified atom stereocenters. The Morgan fingerprint density at radius 1 is 0.944 bits per heavy atom. The van der Waals surface area contributed by atoms with Crippen LogP contribution in [0.15, 0.2) is 30.3 Å². The summed E-state index contributed by atoms with van der Waals surface area (Å²) in [6.45, 7) is 8.88. The highest BCUT2D eigenvalue weighted by Crippen LogP contribution is 2.33. The number of carbonyl (C=O) groups excluding carboxylic acids is 3. The van der Waals surface area contributed by atoms with Gasteiger partial charge in [-0.3, -0.25) is 14.4 Å². The van der Waals surface area contributed by atoms with E-state index in [2.05, 4.69) is 27.2 Å². The summed E-state index contributed by atoms with van der Waals surface area (Å²) in [5.41, 5.74) is 1.15. The maximum absolute atomic E-state index is 13.1. The molecule has 0 aromatic heterocycles. The summed E-state index contributed by atoms with van der Waals surface area (Å²) in [5.74, 6) is 1.60. The Labute approximate surface area is 214 Å². The Bertz CT molecular complexity index is 913. The van der Waals surface area contributed by atoms with E-state index < -0.39 is 0 Å². The fourth-order valence-corrected chi connectivity index (χ4v) is 6.50. The van der Waals surface area contributed by atoms with Crippen molar-refractivity contribution in [3.05, 3.63) is 35.9 Å². The lowest BCUT2D eigenvalue weighted by atomic mass is 9.95. The molecule has 4 heterocycles. The van der Waals surface area contributed by atoms with E-state index in [-0.39, 0.29) is 29.7 Å². The number of hydrogen-bond acceptors (Lipinski definition) is 5. The molecule has 0 aliphatic carbocycles. The SMILES string of the molecule is CC(=O)N1CCC(C(=O)N2CC3CN(CCC(NC(=O)C4CCOC4)c4ccccc4)C[C@H]3C2)CC1. The zero-order valence-corrected chi connectivity index (χ0v) is 21.4. The first-order valence-corrected chi connectivity index (χ1v) is 13.7. The molecule has 1 N–H and O–H groups in total. The number of ether oxygens (including phenoxy) is 1. The topological polar surface area (TPSA) is 82.2 Å². The van der Waals surface area contributed by atoms with Crippen LogP contribution in [0.1, 0.15) is 44.2 Å². The van der Waals surface area contributed by atoms with E-state index in [4.69, 9.17) is 4.74 Å². The van der Waals surface area contributed by atoms with E-state index in [9.17, 15) is 14.4 Å². The van der Waals surface area contributed by atoms with Gasteiger partial charge in [0.25, 0.3) is 0 Å². The minimum absolute atomic E-state index is 0.00122. The van der Waals surface area contributed by atoms with E-state index in [0.717, 1.165) is 64.0 Å². The summed E-state index contributed by atoms with van der Waals surface area (Å²) in [7, 11) is 0. The largest absolute Gasteiger partial charge is 0.381 e. The van der Waals surface area contributed by atoms with Crippen molar-refractivity contribution in [2.75, 3.05) is 59.0 Å². The summed E-state index contributed by atoms with van der Waals surface area (Å²) >= 11 is 0. The third kappa shape index (κ3) is 5.75. The molecule has 0 radical (unpaired) electrons. The van der Waals surface area contributed by atoms with Crippen LogP contribution in [0.4, 0.5) is 0 Å². The zero-order chi connectivity index (χ0) is 25.1. The van der Waals surface area contributed by atoms with Crippen molar-refractivity contribution < 1.29 is 19.1 Å². The van der Waals surface area contributed by atoms with Crippen molar-refractivity contribution in [2.24, 2.45) is 23.7 Å². The van der Waals surface area contributed by atoms with Crippen molar-refractivity contribution in [1.82, 2.24) is 20.0 Å². The van der Waals surface area contributed by atoms with Crippen molar-refractivity contribution in [2.45, 2.75) is 38.6 Å². The maximum atomic E-state index is 13.1. The number of amides is 3. The molecule has 1 aromatic carbocycles. The molecule has 196 valence electrons. The smallest absolute Gasteiger partial charge is 0.226 e. The monoisotopic (exact) mass is 496 g/mol. The van der Waals surface area contributed by atoms with Gasteiger partial charge in [-0.1, -0.05) is 30.3 Å². The molecule has 0 saturated carbocycles. The van der Waals surface area contributed by atoms with Gasteiger partial charge in [0.2, 0.25) is 17.7 Å². The molecule has 3 amide bonds. The van der Waals surface area contributed by atoms with Gasteiger partial charge in [0.15, 0.2) is 0 Å². The van der Waals surface area contributed by atoms with Crippen LogP contribution in [0.25, 0.3) is 0 Å². The second-order valence-electron chi connectivity index (χ2n) is 11.1. The number of carbonyl (C=O) groups is 3. The fraction of sp³-hybridized carbons (Fsp3) is 0.679. The highest BCUT2D eigenvalue weighted by molar-refractivity contribution is 5.80. The van der Waals surface area contributed by atoms with E-state index in [1.807, 2.05) is 23.1 Å². The van der Waals surface area contributed by atoms with Crippen LogP contribution < -0.4 is 5.32 Å².